The molecule has 1 atom stereocenters. The fourth-order valence-electron chi connectivity index (χ4n) is 2.29. The van der Waals surface area contributed by atoms with Crippen molar-refractivity contribution in [1.29, 1.82) is 0 Å². The third-order valence-electron chi connectivity index (χ3n) is 3.49. The highest BCUT2D eigenvalue weighted by Crippen LogP contribution is 2.37. The predicted octanol–water partition coefficient (Wildman–Crippen LogP) is 2.47. The molecule has 17 heavy (non-hydrogen) atoms. The van der Waals surface area contributed by atoms with Crippen LogP contribution in [0.4, 0.5) is 5.13 Å². The van der Waals surface area contributed by atoms with Gasteiger partial charge in [-0.1, -0.05) is 0 Å². The van der Waals surface area contributed by atoms with Gasteiger partial charge in [0.1, 0.15) is 5.92 Å². The molecule has 0 saturated heterocycles. The van der Waals surface area contributed by atoms with E-state index in [4.69, 9.17) is 5.11 Å². The van der Waals surface area contributed by atoms with Crippen molar-refractivity contribution < 1.29 is 9.90 Å². The van der Waals surface area contributed by atoms with Gasteiger partial charge in [0.2, 0.25) is 0 Å². The zero-order valence-corrected chi connectivity index (χ0v) is 10.4. The first-order valence-electron chi connectivity index (χ1n) is 6.20. The maximum Gasteiger partial charge on any atom is 0.312 e. The van der Waals surface area contributed by atoms with Gasteiger partial charge in [0.25, 0.3) is 0 Å². The number of carbonyl (C=O) groups is 1. The highest BCUT2D eigenvalue weighted by atomic mass is 32.1. The lowest BCUT2D eigenvalue weighted by molar-refractivity contribution is -0.139. The molecule has 0 aromatic carbocycles. The van der Waals surface area contributed by atoms with Crippen molar-refractivity contribution in [2.24, 2.45) is 5.92 Å². The Morgan fingerprint density at radius 1 is 1.47 bits per heavy atom. The van der Waals surface area contributed by atoms with Crippen LogP contribution in [0.2, 0.25) is 0 Å². The van der Waals surface area contributed by atoms with Gasteiger partial charge in [0.05, 0.1) is 5.69 Å². The third kappa shape index (κ3) is 2.29. The molecule has 3 rings (SSSR count). The van der Waals surface area contributed by atoms with Crippen LogP contribution in [0.25, 0.3) is 0 Å². The molecule has 1 heterocycles. The van der Waals surface area contributed by atoms with E-state index in [1.807, 2.05) is 0 Å². The Bertz CT molecular complexity index is 440. The summed E-state index contributed by atoms with van der Waals surface area (Å²) in [7, 11) is 0. The Labute approximate surface area is 104 Å². The molecular formula is C12H16N2O2S. The van der Waals surface area contributed by atoms with E-state index in [9.17, 15) is 4.79 Å². The van der Waals surface area contributed by atoms with E-state index in [0.29, 0.717) is 0 Å². The first-order valence-corrected chi connectivity index (χ1v) is 7.02. The Balaban J connectivity index is 1.77. The van der Waals surface area contributed by atoms with Crippen molar-refractivity contribution in [1.82, 2.24) is 4.98 Å². The molecule has 4 nitrogen and oxygen atoms in total. The Hall–Kier alpha value is -1.10. The molecule has 0 amide bonds. The van der Waals surface area contributed by atoms with Crippen molar-refractivity contribution in [3.63, 3.8) is 0 Å². The van der Waals surface area contributed by atoms with E-state index in [2.05, 4.69) is 10.3 Å². The van der Waals surface area contributed by atoms with Crippen LogP contribution in [0.5, 0.6) is 0 Å². The van der Waals surface area contributed by atoms with Crippen molar-refractivity contribution in [2.45, 2.75) is 38.0 Å². The molecule has 92 valence electrons. The molecule has 0 spiro atoms. The molecule has 0 bridgehead atoms. The summed E-state index contributed by atoms with van der Waals surface area (Å²) in [6.45, 7) is 0.990. The van der Waals surface area contributed by atoms with Crippen molar-refractivity contribution in [2.75, 3.05) is 11.9 Å². The molecule has 1 unspecified atom stereocenters. The molecule has 1 aromatic rings. The standard InChI is InChI=1S/C12H16N2O2S/c15-11(16)8-2-1-3-9-10(8)14-12(17-9)13-6-7-4-5-7/h7-8H,1-6H2,(H,13,14)(H,15,16). The van der Waals surface area contributed by atoms with E-state index in [1.165, 1.54) is 17.7 Å². The lowest BCUT2D eigenvalue weighted by Gasteiger charge is -2.16. The Morgan fingerprint density at radius 2 is 2.29 bits per heavy atom. The van der Waals surface area contributed by atoms with Crippen molar-refractivity contribution in [3.05, 3.63) is 10.6 Å². The first-order chi connectivity index (χ1) is 8.24. The molecular weight excluding hydrogens is 236 g/mol. The zero-order chi connectivity index (χ0) is 11.8. The molecule has 0 radical (unpaired) electrons. The number of rotatable bonds is 4. The molecule has 2 aliphatic carbocycles. The second-order valence-corrected chi connectivity index (χ2v) is 6.02. The average Bonchev–Trinajstić information content (AvgIpc) is 3.04. The summed E-state index contributed by atoms with van der Waals surface area (Å²) in [5.74, 6) is -0.303. The second kappa shape index (κ2) is 4.29. The summed E-state index contributed by atoms with van der Waals surface area (Å²) in [6.07, 6.45) is 5.32. The highest BCUT2D eigenvalue weighted by molar-refractivity contribution is 7.15. The lowest BCUT2D eigenvalue weighted by Crippen LogP contribution is -2.17. The molecule has 2 aliphatic rings. The van der Waals surface area contributed by atoms with Gasteiger partial charge in [-0.2, -0.15) is 0 Å². The topological polar surface area (TPSA) is 62.2 Å². The van der Waals surface area contributed by atoms with E-state index >= 15 is 0 Å². The summed E-state index contributed by atoms with van der Waals surface area (Å²) >= 11 is 1.64. The quantitative estimate of drug-likeness (QED) is 0.864. The fourth-order valence-corrected chi connectivity index (χ4v) is 3.36. The van der Waals surface area contributed by atoms with Crippen LogP contribution >= 0.6 is 11.3 Å². The second-order valence-electron chi connectivity index (χ2n) is 4.93. The molecule has 1 aromatic heterocycles. The van der Waals surface area contributed by atoms with Crippen LogP contribution in [-0.4, -0.2) is 22.6 Å². The zero-order valence-electron chi connectivity index (χ0n) is 9.61. The maximum atomic E-state index is 11.1. The molecule has 2 N–H and O–H groups in total. The molecule has 5 heteroatoms. The van der Waals surface area contributed by atoms with Gasteiger partial charge in [-0.25, -0.2) is 4.98 Å². The number of carboxylic acid groups (broad SMARTS) is 1. The average molecular weight is 252 g/mol. The molecule has 1 fully saturated rings. The minimum absolute atomic E-state index is 0.383. The van der Waals surface area contributed by atoms with E-state index in [-0.39, 0.29) is 5.92 Å². The van der Waals surface area contributed by atoms with Crippen LogP contribution in [0.1, 0.15) is 42.2 Å². The van der Waals surface area contributed by atoms with Gasteiger partial charge in [-0.05, 0) is 38.0 Å². The van der Waals surface area contributed by atoms with Gasteiger partial charge >= 0.3 is 5.97 Å². The smallest absolute Gasteiger partial charge is 0.312 e. The van der Waals surface area contributed by atoms with Gasteiger partial charge in [-0.15, -0.1) is 11.3 Å². The van der Waals surface area contributed by atoms with E-state index < -0.39 is 5.97 Å². The number of hydrogen-bond donors (Lipinski definition) is 2. The predicted molar refractivity (Wildman–Crippen MR) is 66.6 cm³/mol. The monoisotopic (exact) mass is 252 g/mol. The number of nitrogens with one attached hydrogen (secondary N) is 1. The van der Waals surface area contributed by atoms with Crippen molar-refractivity contribution in [3.8, 4) is 0 Å². The minimum atomic E-state index is -0.731. The van der Waals surface area contributed by atoms with Gasteiger partial charge in [0.15, 0.2) is 5.13 Å². The van der Waals surface area contributed by atoms with Gasteiger partial charge in [0, 0.05) is 11.4 Å². The van der Waals surface area contributed by atoms with E-state index in [0.717, 1.165) is 42.6 Å². The van der Waals surface area contributed by atoms with Gasteiger partial charge < -0.3 is 10.4 Å². The summed E-state index contributed by atoms with van der Waals surface area (Å²) in [5.41, 5.74) is 0.812. The lowest BCUT2D eigenvalue weighted by atomic mass is 9.91. The summed E-state index contributed by atoms with van der Waals surface area (Å²) in [6, 6.07) is 0. The number of fused-ring (bicyclic) bond motifs is 1. The minimum Gasteiger partial charge on any atom is -0.481 e. The number of aliphatic carboxylic acids is 1. The van der Waals surface area contributed by atoms with E-state index in [1.54, 1.807) is 11.3 Å². The summed E-state index contributed by atoms with van der Waals surface area (Å²) < 4.78 is 0. The highest BCUT2D eigenvalue weighted by Gasteiger charge is 2.30. The summed E-state index contributed by atoms with van der Waals surface area (Å²) in [5, 5.41) is 13.4. The Morgan fingerprint density at radius 3 is 3.00 bits per heavy atom. The van der Waals surface area contributed by atoms with Crippen LogP contribution < -0.4 is 5.32 Å². The normalized spacial score (nSPS) is 23.2. The summed E-state index contributed by atoms with van der Waals surface area (Å²) in [4.78, 5) is 16.8. The number of hydrogen-bond acceptors (Lipinski definition) is 4. The Kier molecular flexibility index (Phi) is 2.78. The van der Waals surface area contributed by atoms with Crippen LogP contribution in [0, 0.1) is 5.92 Å². The van der Waals surface area contributed by atoms with Crippen molar-refractivity contribution >= 4 is 22.4 Å². The first kappa shape index (κ1) is 11.0. The van der Waals surface area contributed by atoms with Crippen LogP contribution in [0.15, 0.2) is 0 Å². The van der Waals surface area contributed by atoms with Gasteiger partial charge in [-0.3, -0.25) is 4.79 Å². The number of aromatic nitrogens is 1. The van der Waals surface area contributed by atoms with Crippen LogP contribution in [0.3, 0.4) is 0 Å². The SMILES string of the molecule is O=C(O)C1CCCc2sc(NCC3CC3)nc21. The third-order valence-corrected chi connectivity index (χ3v) is 4.58. The molecule has 0 aliphatic heterocycles. The largest absolute Gasteiger partial charge is 0.481 e. The molecule has 1 saturated carbocycles. The number of nitrogens with zero attached hydrogens (tertiary/aromatic N) is 1. The number of aryl methyl sites for hydroxylation is 1. The number of anilines is 1. The van der Waals surface area contributed by atoms with Crippen LogP contribution in [-0.2, 0) is 11.2 Å². The number of thiazole rings is 1. The number of carboxylic acids is 1. The maximum absolute atomic E-state index is 11.1. The fraction of sp³-hybridized carbons (Fsp3) is 0.667.